The van der Waals surface area contributed by atoms with Crippen LogP contribution in [0.25, 0.3) is 16.8 Å². The predicted octanol–water partition coefficient (Wildman–Crippen LogP) is 2.57. The summed E-state index contributed by atoms with van der Waals surface area (Å²) in [6.45, 7) is 4.29. The Bertz CT molecular complexity index is 768. The lowest BCUT2D eigenvalue weighted by atomic mass is 10.0. The lowest BCUT2D eigenvalue weighted by molar-refractivity contribution is -0.136. The second kappa shape index (κ2) is 4.12. The number of aromatic nitrogens is 3. The van der Waals surface area contributed by atoms with Crippen LogP contribution in [0.5, 0.6) is 0 Å². The molecule has 0 fully saturated rings. The van der Waals surface area contributed by atoms with Crippen molar-refractivity contribution in [3.05, 3.63) is 35.7 Å². The molecule has 5 heteroatoms. The number of rotatable bonds is 3. The number of carboxylic acid groups (broad SMARTS) is 1. The van der Waals surface area contributed by atoms with Crippen LogP contribution in [0.3, 0.4) is 0 Å². The Morgan fingerprint density at radius 1 is 1.47 bits per heavy atom. The summed E-state index contributed by atoms with van der Waals surface area (Å²) in [6, 6.07) is 6.19. The van der Waals surface area contributed by atoms with Crippen LogP contribution in [0.15, 0.2) is 24.4 Å². The lowest BCUT2D eigenvalue weighted by Crippen LogP contribution is -1.99. The number of H-pyrrole nitrogens is 1. The molecule has 19 heavy (non-hydrogen) atoms. The van der Waals surface area contributed by atoms with Gasteiger partial charge in [0.2, 0.25) is 5.78 Å². The van der Waals surface area contributed by atoms with Crippen molar-refractivity contribution in [2.75, 3.05) is 0 Å². The van der Waals surface area contributed by atoms with Crippen LogP contribution in [0.4, 0.5) is 0 Å². The van der Waals surface area contributed by atoms with Crippen LogP contribution in [0.1, 0.15) is 31.0 Å². The molecule has 0 radical (unpaired) electrons. The zero-order chi connectivity index (χ0) is 13.6. The molecule has 0 saturated heterocycles. The van der Waals surface area contributed by atoms with Crippen LogP contribution >= 0.6 is 0 Å². The molecule has 5 nitrogen and oxygen atoms in total. The third kappa shape index (κ3) is 1.97. The Morgan fingerprint density at radius 3 is 2.95 bits per heavy atom. The summed E-state index contributed by atoms with van der Waals surface area (Å²) >= 11 is 0. The first kappa shape index (κ1) is 11.8. The molecule has 3 rings (SSSR count). The number of aliphatic carboxylic acids is 1. The van der Waals surface area contributed by atoms with Crippen molar-refractivity contribution in [2.24, 2.45) is 0 Å². The maximum Gasteiger partial charge on any atom is 0.309 e. The van der Waals surface area contributed by atoms with E-state index in [4.69, 9.17) is 5.11 Å². The summed E-state index contributed by atoms with van der Waals surface area (Å²) in [5, 5.41) is 8.81. The van der Waals surface area contributed by atoms with Gasteiger partial charge in [-0.2, -0.15) is 0 Å². The average Bonchev–Trinajstić information content (AvgIpc) is 2.84. The molecular weight excluding hydrogens is 242 g/mol. The molecule has 2 heterocycles. The maximum absolute atomic E-state index is 10.7. The summed E-state index contributed by atoms with van der Waals surface area (Å²) in [4.78, 5) is 18.2. The highest BCUT2D eigenvalue weighted by atomic mass is 16.4. The molecule has 0 atom stereocenters. The van der Waals surface area contributed by atoms with Crippen LogP contribution < -0.4 is 0 Å². The van der Waals surface area contributed by atoms with Gasteiger partial charge in [-0.25, -0.2) is 4.98 Å². The fourth-order valence-electron chi connectivity index (χ4n) is 2.27. The van der Waals surface area contributed by atoms with Crippen molar-refractivity contribution in [1.82, 2.24) is 14.4 Å². The molecule has 3 aromatic rings. The van der Waals surface area contributed by atoms with Crippen LogP contribution in [-0.4, -0.2) is 25.4 Å². The number of hydrogen-bond donors (Lipinski definition) is 2. The minimum atomic E-state index is -0.850. The minimum Gasteiger partial charge on any atom is -0.481 e. The molecule has 0 aliphatic heterocycles. The smallest absolute Gasteiger partial charge is 0.309 e. The fraction of sp³-hybridized carbons (Fsp3) is 0.286. The van der Waals surface area contributed by atoms with Crippen molar-refractivity contribution in [2.45, 2.75) is 26.2 Å². The largest absolute Gasteiger partial charge is 0.481 e. The van der Waals surface area contributed by atoms with Gasteiger partial charge in [0.15, 0.2) is 0 Å². The second-order valence-corrected chi connectivity index (χ2v) is 5.06. The van der Waals surface area contributed by atoms with Gasteiger partial charge in [0.05, 0.1) is 17.5 Å². The molecular formula is C14H15N3O2. The highest BCUT2D eigenvalue weighted by Crippen LogP contribution is 2.22. The number of fused-ring (bicyclic) bond motifs is 3. The summed E-state index contributed by atoms with van der Waals surface area (Å²) in [5.74, 6) is 0.288. The number of benzene rings is 1. The molecule has 98 valence electrons. The van der Waals surface area contributed by atoms with Crippen molar-refractivity contribution in [3.8, 4) is 0 Å². The summed E-state index contributed by atoms with van der Waals surface area (Å²) < 4.78 is 1.92. The van der Waals surface area contributed by atoms with Gasteiger partial charge in [-0.15, -0.1) is 0 Å². The van der Waals surface area contributed by atoms with E-state index >= 15 is 0 Å². The van der Waals surface area contributed by atoms with Crippen molar-refractivity contribution in [3.63, 3.8) is 0 Å². The highest BCUT2D eigenvalue weighted by molar-refractivity contribution is 5.81. The molecule has 2 aromatic heterocycles. The Morgan fingerprint density at radius 2 is 2.26 bits per heavy atom. The predicted molar refractivity (Wildman–Crippen MR) is 72.5 cm³/mol. The third-order valence-electron chi connectivity index (χ3n) is 3.28. The number of hydrogen-bond acceptors (Lipinski definition) is 2. The number of carboxylic acids is 1. The Hall–Kier alpha value is -2.30. The molecule has 0 bridgehead atoms. The van der Waals surface area contributed by atoms with Crippen LogP contribution in [-0.2, 0) is 11.2 Å². The van der Waals surface area contributed by atoms with Crippen LogP contribution in [0, 0.1) is 0 Å². The van der Waals surface area contributed by atoms with Crippen molar-refractivity contribution >= 4 is 22.8 Å². The normalized spacial score (nSPS) is 11.7. The molecule has 1 aromatic carbocycles. The van der Waals surface area contributed by atoms with E-state index in [1.807, 2.05) is 16.7 Å². The standard InChI is InChI=1S/C14H15N3O2/c1-8(2)9-3-4-11-12(5-9)17-7-10(6-13(18)19)15-14(17)16-11/h3-5,7-8H,6H2,1-2H3,(H,15,16)(H,18,19). The molecule has 0 spiro atoms. The average molecular weight is 257 g/mol. The minimum absolute atomic E-state index is 0.0191. The van der Waals surface area contributed by atoms with Gasteiger partial charge >= 0.3 is 5.97 Å². The lowest BCUT2D eigenvalue weighted by Gasteiger charge is -2.04. The van der Waals surface area contributed by atoms with E-state index in [0.717, 1.165) is 11.0 Å². The molecule has 0 saturated carbocycles. The number of carbonyl (C=O) groups is 1. The first-order valence-corrected chi connectivity index (χ1v) is 6.26. The number of imidazole rings is 2. The Kier molecular flexibility index (Phi) is 2.55. The monoisotopic (exact) mass is 257 g/mol. The van der Waals surface area contributed by atoms with Gasteiger partial charge in [-0.3, -0.25) is 9.20 Å². The summed E-state index contributed by atoms with van der Waals surface area (Å²) in [5.41, 5.74) is 3.83. The first-order chi connectivity index (χ1) is 9.04. The van der Waals surface area contributed by atoms with Crippen molar-refractivity contribution < 1.29 is 9.90 Å². The maximum atomic E-state index is 10.7. The van der Waals surface area contributed by atoms with Crippen molar-refractivity contribution in [1.29, 1.82) is 0 Å². The summed E-state index contributed by atoms with van der Waals surface area (Å²) in [7, 11) is 0. The molecule has 0 aliphatic carbocycles. The Labute approximate surface area is 109 Å². The number of nitrogens with zero attached hydrogens (tertiary/aromatic N) is 2. The second-order valence-electron chi connectivity index (χ2n) is 5.06. The van der Waals surface area contributed by atoms with E-state index < -0.39 is 5.97 Å². The third-order valence-corrected chi connectivity index (χ3v) is 3.28. The van der Waals surface area contributed by atoms with Gasteiger partial charge in [-0.1, -0.05) is 19.9 Å². The van der Waals surface area contributed by atoms with Gasteiger partial charge < -0.3 is 10.1 Å². The highest BCUT2D eigenvalue weighted by Gasteiger charge is 2.11. The fourth-order valence-corrected chi connectivity index (χ4v) is 2.27. The van der Waals surface area contributed by atoms with E-state index in [1.54, 1.807) is 0 Å². The molecule has 0 amide bonds. The summed E-state index contributed by atoms with van der Waals surface area (Å²) in [6.07, 6.45) is 1.79. The molecule has 0 aliphatic rings. The topological polar surface area (TPSA) is 70.4 Å². The van der Waals surface area contributed by atoms with E-state index in [-0.39, 0.29) is 6.42 Å². The quantitative estimate of drug-likeness (QED) is 0.757. The van der Waals surface area contributed by atoms with E-state index in [0.29, 0.717) is 17.4 Å². The Balaban J connectivity index is 2.17. The number of aromatic amines is 1. The van der Waals surface area contributed by atoms with E-state index in [1.165, 1.54) is 5.56 Å². The van der Waals surface area contributed by atoms with Gasteiger partial charge in [-0.05, 0) is 23.6 Å². The van der Waals surface area contributed by atoms with Gasteiger partial charge in [0.1, 0.15) is 0 Å². The van der Waals surface area contributed by atoms with Crippen LogP contribution in [0.2, 0.25) is 0 Å². The van der Waals surface area contributed by atoms with Gasteiger partial charge in [0.25, 0.3) is 0 Å². The zero-order valence-electron chi connectivity index (χ0n) is 10.8. The zero-order valence-corrected chi connectivity index (χ0v) is 10.8. The van der Waals surface area contributed by atoms with E-state index in [2.05, 4.69) is 35.9 Å². The number of nitrogens with one attached hydrogen (secondary N) is 1. The SMILES string of the molecule is CC(C)c1ccc2nc3[nH]c(CC(=O)O)cn3c2c1. The molecule has 0 unspecified atom stereocenters. The van der Waals surface area contributed by atoms with Gasteiger partial charge in [0, 0.05) is 11.9 Å². The van der Waals surface area contributed by atoms with E-state index in [9.17, 15) is 4.79 Å². The molecule has 2 N–H and O–H groups in total. The first-order valence-electron chi connectivity index (χ1n) is 6.26.